The third kappa shape index (κ3) is 3.40. The Kier molecular flexibility index (Phi) is 4.38. The van der Waals surface area contributed by atoms with Gasteiger partial charge in [-0.05, 0) is 49.4 Å². The highest BCUT2D eigenvalue weighted by molar-refractivity contribution is 6.05. The van der Waals surface area contributed by atoms with E-state index in [4.69, 9.17) is 4.74 Å². The third-order valence-corrected chi connectivity index (χ3v) is 3.33. The van der Waals surface area contributed by atoms with Gasteiger partial charge in [0, 0.05) is 18.0 Å². The van der Waals surface area contributed by atoms with Gasteiger partial charge in [0.25, 0.3) is 5.91 Å². The number of benzene rings is 2. The number of amides is 1. The molecule has 0 saturated carbocycles. The van der Waals surface area contributed by atoms with Crippen molar-refractivity contribution < 1.29 is 9.53 Å². The van der Waals surface area contributed by atoms with E-state index < -0.39 is 0 Å². The Hall–Kier alpha value is -3.08. The van der Waals surface area contributed by atoms with Crippen molar-refractivity contribution in [2.75, 3.05) is 11.9 Å². The Morgan fingerprint density at radius 2 is 1.91 bits per heavy atom. The van der Waals surface area contributed by atoms with Crippen LogP contribution >= 0.6 is 0 Å². The zero-order valence-corrected chi connectivity index (χ0v) is 12.8. The van der Waals surface area contributed by atoms with Crippen molar-refractivity contribution in [2.45, 2.75) is 6.92 Å². The van der Waals surface area contributed by atoms with Crippen LogP contribution in [0.1, 0.15) is 17.3 Å². The molecule has 0 aliphatic carbocycles. The maximum Gasteiger partial charge on any atom is 0.255 e. The lowest BCUT2D eigenvalue weighted by Crippen LogP contribution is -2.13. The first-order chi connectivity index (χ1) is 11.3. The van der Waals surface area contributed by atoms with E-state index in [-0.39, 0.29) is 5.91 Å². The molecule has 0 bridgehead atoms. The van der Waals surface area contributed by atoms with Gasteiger partial charge in [0.05, 0.1) is 18.0 Å². The van der Waals surface area contributed by atoms with E-state index in [1.54, 1.807) is 23.0 Å². The van der Waals surface area contributed by atoms with Crippen molar-refractivity contribution >= 4 is 11.6 Å². The summed E-state index contributed by atoms with van der Waals surface area (Å²) in [5.41, 5.74) is 2.14. The van der Waals surface area contributed by atoms with Gasteiger partial charge in [-0.3, -0.25) is 4.79 Å². The van der Waals surface area contributed by atoms with Crippen molar-refractivity contribution in [3.05, 3.63) is 72.6 Å². The van der Waals surface area contributed by atoms with Gasteiger partial charge in [-0.15, -0.1) is 0 Å². The fourth-order valence-corrected chi connectivity index (χ4v) is 2.23. The molecule has 3 rings (SSSR count). The van der Waals surface area contributed by atoms with Gasteiger partial charge in [-0.1, -0.05) is 12.1 Å². The van der Waals surface area contributed by atoms with Gasteiger partial charge >= 0.3 is 0 Å². The first-order valence-corrected chi connectivity index (χ1v) is 7.41. The van der Waals surface area contributed by atoms with Crippen molar-refractivity contribution in [3.63, 3.8) is 0 Å². The normalized spacial score (nSPS) is 10.3. The first-order valence-electron chi connectivity index (χ1n) is 7.41. The molecule has 1 aromatic heterocycles. The van der Waals surface area contributed by atoms with Crippen LogP contribution in [-0.2, 0) is 0 Å². The lowest BCUT2D eigenvalue weighted by molar-refractivity contribution is 0.102. The average molecular weight is 307 g/mol. The molecule has 5 heteroatoms. The second kappa shape index (κ2) is 6.79. The molecule has 1 amide bonds. The maximum absolute atomic E-state index is 12.4. The summed E-state index contributed by atoms with van der Waals surface area (Å²) in [7, 11) is 0. The largest absolute Gasteiger partial charge is 0.492 e. The van der Waals surface area contributed by atoms with E-state index in [1.165, 1.54) is 0 Å². The summed E-state index contributed by atoms with van der Waals surface area (Å²) in [4.78, 5) is 12.4. The standard InChI is InChI=1S/C18H17N3O2/c1-2-23-17-7-4-3-6-16(17)20-18(22)14-8-10-15(11-9-14)21-13-5-12-19-21/h3-13H,2H2,1H3,(H,20,22). The quantitative estimate of drug-likeness (QED) is 0.784. The number of para-hydroxylation sites is 2. The zero-order chi connectivity index (χ0) is 16.1. The highest BCUT2D eigenvalue weighted by Gasteiger charge is 2.09. The molecule has 1 N–H and O–H groups in total. The fourth-order valence-electron chi connectivity index (χ4n) is 2.23. The topological polar surface area (TPSA) is 56.1 Å². The molecule has 0 spiro atoms. The molecule has 3 aromatic rings. The van der Waals surface area contributed by atoms with E-state index in [0.717, 1.165) is 5.69 Å². The molecule has 23 heavy (non-hydrogen) atoms. The van der Waals surface area contributed by atoms with Crippen molar-refractivity contribution in [1.82, 2.24) is 9.78 Å². The zero-order valence-electron chi connectivity index (χ0n) is 12.8. The Bertz CT molecular complexity index is 780. The minimum absolute atomic E-state index is 0.177. The number of rotatable bonds is 5. The van der Waals surface area contributed by atoms with Crippen molar-refractivity contribution in [3.8, 4) is 11.4 Å². The number of carbonyl (C=O) groups excluding carboxylic acids is 1. The number of nitrogens with one attached hydrogen (secondary N) is 1. The molecule has 116 valence electrons. The van der Waals surface area contributed by atoms with Gasteiger partial charge in [-0.25, -0.2) is 4.68 Å². The Labute approximate surface area is 134 Å². The van der Waals surface area contributed by atoms with Gasteiger partial charge < -0.3 is 10.1 Å². The summed E-state index contributed by atoms with van der Waals surface area (Å²) >= 11 is 0. The summed E-state index contributed by atoms with van der Waals surface area (Å²) in [6.45, 7) is 2.46. The number of carbonyl (C=O) groups is 1. The number of ether oxygens (including phenoxy) is 1. The number of hydrogen-bond acceptors (Lipinski definition) is 3. The molecule has 0 fully saturated rings. The van der Waals surface area contributed by atoms with Gasteiger partial charge in [0.2, 0.25) is 0 Å². The lowest BCUT2D eigenvalue weighted by atomic mass is 10.2. The highest BCUT2D eigenvalue weighted by Crippen LogP contribution is 2.24. The van der Waals surface area contributed by atoms with Crippen molar-refractivity contribution in [2.24, 2.45) is 0 Å². The fraction of sp³-hybridized carbons (Fsp3) is 0.111. The predicted octanol–water partition coefficient (Wildman–Crippen LogP) is 3.52. The number of nitrogens with zero attached hydrogens (tertiary/aromatic N) is 2. The number of anilines is 1. The van der Waals surface area contributed by atoms with E-state index in [1.807, 2.05) is 55.6 Å². The van der Waals surface area contributed by atoms with Gasteiger partial charge in [0.15, 0.2) is 0 Å². The minimum atomic E-state index is -0.177. The third-order valence-electron chi connectivity index (χ3n) is 3.33. The summed E-state index contributed by atoms with van der Waals surface area (Å²) in [6, 6.07) is 16.5. The predicted molar refractivity (Wildman–Crippen MR) is 89.1 cm³/mol. The van der Waals surface area contributed by atoms with Crippen molar-refractivity contribution in [1.29, 1.82) is 0 Å². The second-order valence-electron chi connectivity index (χ2n) is 4.88. The highest BCUT2D eigenvalue weighted by atomic mass is 16.5. The number of aromatic nitrogens is 2. The summed E-state index contributed by atoms with van der Waals surface area (Å²) < 4.78 is 7.26. The first kappa shape index (κ1) is 14.8. The smallest absolute Gasteiger partial charge is 0.255 e. The van der Waals surface area contributed by atoms with Gasteiger partial charge in [-0.2, -0.15) is 5.10 Å². The Morgan fingerprint density at radius 1 is 1.13 bits per heavy atom. The molecular weight excluding hydrogens is 290 g/mol. The SMILES string of the molecule is CCOc1ccccc1NC(=O)c1ccc(-n2cccn2)cc1. The van der Waals surface area contributed by atoms with Crippen LogP contribution in [-0.4, -0.2) is 22.3 Å². The van der Waals surface area contributed by atoms with Crippen LogP contribution in [0.2, 0.25) is 0 Å². The molecular formula is C18H17N3O2. The van der Waals surface area contributed by atoms with Crippen LogP contribution in [0, 0.1) is 0 Å². The molecule has 0 unspecified atom stereocenters. The molecule has 1 heterocycles. The maximum atomic E-state index is 12.4. The molecule has 0 aliphatic rings. The monoisotopic (exact) mass is 307 g/mol. The molecule has 5 nitrogen and oxygen atoms in total. The summed E-state index contributed by atoms with van der Waals surface area (Å²) in [6.07, 6.45) is 3.57. The van der Waals surface area contributed by atoms with Crippen LogP contribution in [0.5, 0.6) is 5.75 Å². The van der Waals surface area contributed by atoms with Crippen LogP contribution in [0.4, 0.5) is 5.69 Å². The molecule has 0 radical (unpaired) electrons. The van der Waals surface area contributed by atoms with Crippen LogP contribution in [0.25, 0.3) is 5.69 Å². The Morgan fingerprint density at radius 3 is 2.61 bits per heavy atom. The number of hydrogen-bond donors (Lipinski definition) is 1. The van der Waals surface area contributed by atoms with Crippen LogP contribution < -0.4 is 10.1 Å². The minimum Gasteiger partial charge on any atom is -0.492 e. The Balaban J connectivity index is 1.76. The molecule has 0 aliphatic heterocycles. The lowest BCUT2D eigenvalue weighted by Gasteiger charge is -2.11. The summed E-state index contributed by atoms with van der Waals surface area (Å²) in [5, 5.41) is 7.04. The second-order valence-corrected chi connectivity index (χ2v) is 4.88. The molecule has 0 saturated heterocycles. The molecule has 0 atom stereocenters. The van der Waals surface area contributed by atoms with E-state index in [0.29, 0.717) is 23.6 Å². The van der Waals surface area contributed by atoms with Crippen LogP contribution in [0.15, 0.2) is 67.0 Å². The molecule has 2 aromatic carbocycles. The average Bonchev–Trinajstić information content (AvgIpc) is 3.11. The van der Waals surface area contributed by atoms with Gasteiger partial charge in [0.1, 0.15) is 5.75 Å². The van der Waals surface area contributed by atoms with E-state index in [9.17, 15) is 4.79 Å². The summed E-state index contributed by atoms with van der Waals surface area (Å²) in [5.74, 6) is 0.487. The van der Waals surface area contributed by atoms with E-state index in [2.05, 4.69) is 10.4 Å². The van der Waals surface area contributed by atoms with Crippen LogP contribution in [0.3, 0.4) is 0 Å². The van der Waals surface area contributed by atoms with E-state index >= 15 is 0 Å².